The van der Waals surface area contributed by atoms with Crippen LogP contribution in [0.5, 0.6) is 0 Å². The van der Waals surface area contributed by atoms with Crippen molar-refractivity contribution in [3.05, 3.63) is 61.4 Å². The fraction of sp³-hybridized carbons (Fsp3) is 0.143. The normalized spacial score (nSPS) is 10.0. The Bertz CT molecular complexity index is 804. The largest absolute Gasteiger partial charge is 0.291 e. The molecule has 2 aromatic rings. The van der Waals surface area contributed by atoms with Gasteiger partial charge in [-0.15, -0.1) is 4.91 Å². The van der Waals surface area contributed by atoms with E-state index in [2.05, 4.69) is 10.6 Å². The Balaban J connectivity index is 2.63. The molecule has 0 aliphatic carbocycles. The molecule has 2 rings (SSSR count). The zero-order valence-corrected chi connectivity index (χ0v) is 12.1. The number of hydrogen-bond acceptors (Lipinski definition) is 5. The zero-order chi connectivity index (χ0) is 15.6. The average Bonchev–Trinajstić information content (AvgIpc) is 2.46. The van der Waals surface area contributed by atoms with E-state index in [4.69, 9.17) is 16.9 Å². The Morgan fingerprint density at radius 1 is 1.29 bits per heavy atom. The molecule has 106 valence electrons. The number of hydrogen-bond donors (Lipinski definition) is 1. The maximum atomic E-state index is 12.3. The lowest BCUT2D eigenvalue weighted by molar-refractivity contribution is 0.845. The SMILES string of the molecule is Cc1c(N=O)c(C)n(Nc2ccc(Cl)cc2)c(=O)c1C#N. The van der Waals surface area contributed by atoms with Crippen LogP contribution < -0.4 is 11.0 Å². The van der Waals surface area contributed by atoms with Gasteiger partial charge in [0.25, 0.3) is 5.56 Å². The van der Waals surface area contributed by atoms with Gasteiger partial charge in [-0.25, -0.2) is 4.68 Å². The summed E-state index contributed by atoms with van der Waals surface area (Å²) in [7, 11) is 0. The Kier molecular flexibility index (Phi) is 4.05. The van der Waals surface area contributed by atoms with E-state index in [0.717, 1.165) is 4.68 Å². The number of nitroso groups, excluding NO2 is 1. The van der Waals surface area contributed by atoms with Crippen LogP contribution in [0.25, 0.3) is 0 Å². The van der Waals surface area contributed by atoms with Crippen LogP contribution >= 0.6 is 11.6 Å². The fourth-order valence-electron chi connectivity index (χ4n) is 1.97. The number of rotatable bonds is 3. The van der Waals surface area contributed by atoms with Crippen LogP contribution in [0.15, 0.2) is 34.2 Å². The third-order valence-corrected chi connectivity index (χ3v) is 3.37. The number of nitrogens with one attached hydrogen (secondary N) is 1. The lowest BCUT2D eigenvalue weighted by atomic mass is 10.1. The van der Waals surface area contributed by atoms with Gasteiger partial charge in [-0.2, -0.15) is 5.26 Å². The minimum atomic E-state index is -0.533. The Labute approximate surface area is 125 Å². The molecule has 0 saturated heterocycles. The smallest absolute Gasteiger partial charge is 0.287 e. The average molecular weight is 303 g/mol. The molecule has 0 saturated carbocycles. The summed E-state index contributed by atoms with van der Waals surface area (Å²) in [6.07, 6.45) is 0. The van der Waals surface area contributed by atoms with Crippen LogP contribution in [-0.4, -0.2) is 4.68 Å². The van der Waals surface area contributed by atoms with Gasteiger partial charge in [0.15, 0.2) is 0 Å². The first-order valence-corrected chi connectivity index (χ1v) is 6.39. The molecule has 7 heteroatoms. The predicted octanol–water partition coefficient (Wildman–Crippen LogP) is 3.26. The van der Waals surface area contributed by atoms with Gasteiger partial charge in [-0.05, 0) is 43.3 Å². The van der Waals surface area contributed by atoms with E-state index in [0.29, 0.717) is 16.4 Å². The highest BCUT2D eigenvalue weighted by atomic mass is 35.5. The first-order valence-electron chi connectivity index (χ1n) is 6.02. The minimum Gasteiger partial charge on any atom is -0.291 e. The van der Waals surface area contributed by atoms with Gasteiger partial charge < -0.3 is 0 Å². The summed E-state index contributed by atoms with van der Waals surface area (Å²) < 4.78 is 1.13. The van der Waals surface area contributed by atoms with Crippen molar-refractivity contribution in [2.75, 3.05) is 5.43 Å². The molecule has 1 aromatic heterocycles. The predicted molar refractivity (Wildman–Crippen MR) is 80.8 cm³/mol. The lowest BCUT2D eigenvalue weighted by Gasteiger charge is -2.15. The van der Waals surface area contributed by atoms with E-state index in [9.17, 15) is 9.70 Å². The second-order valence-corrected chi connectivity index (χ2v) is 4.83. The zero-order valence-electron chi connectivity index (χ0n) is 11.3. The number of aromatic nitrogens is 1. The summed E-state index contributed by atoms with van der Waals surface area (Å²) in [4.78, 5) is 23.2. The van der Waals surface area contributed by atoms with Crippen molar-refractivity contribution in [2.45, 2.75) is 13.8 Å². The molecule has 0 amide bonds. The number of benzene rings is 1. The third kappa shape index (κ3) is 2.64. The molecule has 1 aromatic carbocycles. The van der Waals surface area contributed by atoms with Gasteiger partial charge in [0.2, 0.25) is 0 Å². The summed E-state index contributed by atoms with van der Waals surface area (Å²) in [5, 5.41) is 12.6. The van der Waals surface area contributed by atoms with Crippen molar-refractivity contribution in [2.24, 2.45) is 5.18 Å². The molecule has 21 heavy (non-hydrogen) atoms. The van der Waals surface area contributed by atoms with Gasteiger partial charge in [0.1, 0.15) is 17.3 Å². The quantitative estimate of drug-likeness (QED) is 0.881. The first kappa shape index (κ1) is 14.8. The topological polar surface area (TPSA) is 87.2 Å². The molecular weight excluding hydrogens is 292 g/mol. The number of anilines is 1. The molecule has 0 spiro atoms. The standard InChI is InChI=1S/C14H11ClN4O2/c1-8-12(7-16)14(20)19(9(2)13(8)18-21)17-11-5-3-10(15)4-6-11/h3-6,17H,1-2H3. The number of nitrogens with zero attached hydrogens (tertiary/aromatic N) is 3. The molecule has 0 aliphatic rings. The molecule has 0 unspecified atom stereocenters. The van der Waals surface area contributed by atoms with Gasteiger partial charge in [-0.3, -0.25) is 10.2 Å². The number of halogens is 1. The second kappa shape index (κ2) is 5.77. The highest BCUT2D eigenvalue weighted by Gasteiger charge is 2.17. The van der Waals surface area contributed by atoms with Crippen LogP contribution in [-0.2, 0) is 0 Å². The Morgan fingerprint density at radius 2 is 1.90 bits per heavy atom. The maximum absolute atomic E-state index is 12.3. The monoisotopic (exact) mass is 302 g/mol. The number of pyridine rings is 1. The van der Waals surface area contributed by atoms with Crippen molar-refractivity contribution in [1.29, 1.82) is 5.26 Å². The van der Waals surface area contributed by atoms with Crippen molar-refractivity contribution in [3.63, 3.8) is 0 Å². The third-order valence-electron chi connectivity index (χ3n) is 3.11. The molecule has 0 atom stereocenters. The van der Waals surface area contributed by atoms with E-state index in [-0.39, 0.29) is 16.8 Å². The van der Waals surface area contributed by atoms with Gasteiger partial charge in [0.05, 0.1) is 11.4 Å². The van der Waals surface area contributed by atoms with Crippen LogP contribution in [0.3, 0.4) is 0 Å². The van der Waals surface area contributed by atoms with Gasteiger partial charge in [0, 0.05) is 10.6 Å². The Morgan fingerprint density at radius 3 is 2.43 bits per heavy atom. The van der Waals surface area contributed by atoms with E-state index < -0.39 is 5.56 Å². The van der Waals surface area contributed by atoms with Crippen molar-refractivity contribution < 1.29 is 0 Å². The summed E-state index contributed by atoms with van der Waals surface area (Å²) >= 11 is 5.80. The van der Waals surface area contributed by atoms with E-state index in [1.54, 1.807) is 31.2 Å². The lowest BCUT2D eigenvalue weighted by Crippen LogP contribution is -2.31. The highest BCUT2D eigenvalue weighted by Crippen LogP contribution is 2.24. The van der Waals surface area contributed by atoms with E-state index in [1.165, 1.54) is 6.92 Å². The van der Waals surface area contributed by atoms with Crippen LogP contribution in [0.2, 0.25) is 5.02 Å². The maximum Gasteiger partial charge on any atom is 0.287 e. The van der Waals surface area contributed by atoms with Crippen molar-refractivity contribution in [1.82, 2.24) is 4.68 Å². The summed E-state index contributed by atoms with van der Waals surface area (Å²) in [5.74, 6) is 0. The van der Waals surface area contributed by atoms with E-state index in [1.807, 2.05) is 6.07 Å². The summed E-state index contributed by atoms with van der Waals surface area (Å²) in [6, 6.07) is 8.47. The molecule has 1 N–H and O–H groups in total. The molecule has 0 aliphatic heterocycles. The Hall–Kier alpha value is -2.65. The molecule has 0 radical (unpaired) electrons. The number of nitriles is 1. The molecule has 1 heterocycles. The molecule has 0 bridgehead atoms. The first-order chi connectivity index (χ1) is 9.99. The molecule has 0 fully saturated rings. The van der Waals surface area contributed by atoms with Crippen molar-refractivity contribution in [3.8, 4) is 6.07 Å². The minimum absolute atomic E-state index is 0.0765. The van der Waals surface area contributed by atoms with Crippen LogP contribution in [0, 0.1) is 30.1 Å². The van der Waals surface area contributed by atoms with Crippen LogP contribution in [0.1, 0.15) is 16.8 Å². The summed E-state index contributed by atoms with van der Waals surface area (Å²) in [6.45, 7) is 3.10. The van der Waals surface area contributed by atoms with Gasteiger partial charge in [-0.1, -0.05) is 11.6 Å². The second-order valence-electron chi connectivity index (χ2n) is 4.40. The van der Waals surface area contributed by atoms with Gasteiger partial charge >= 0.3 is 0 Å². The summed E-state index contributed by atoms with van der Waals surface area (Å²) in [5.41, 5.74) is 3.48. The molecular formula is C14H11ClN4O2. The molecule has 6 nitrogen and oxygen atoms in total. The van der Waals surface area contributed by atoms with E-state index >= 15 is 0 Å². The highest BCUT2D eigenvalue weighted by molar-refractivity contribution is 6.30. The van der Waals surface area contributed by atoms with Crippen molar-refractivity contribution >= 4 is 23.0 Å². The van der Waals surface area contributed by atoms with Crippen LogP contribution in [0.4, 0.5) is 11.4 Å². The fourth-order valence-corrected chi connectivity index (χ4v) is 2.10.